The normalized spacial score (nSPS) is 12.5. The van der Waals surface area contributed by atoms with Crippen LogP contribution in [-0.4, -0.2) is 43.3 Å². The number of amides is 2. The second-order valence-electron chi connectivity index (χ2n) is 11.3. The van der Waals surface area contributed by atoms with Crippen molar-refractivity contribution in [3.05, 3.63) is 93.0 Å². The van der Waals surface area contributed by atoms with Gasteiger partial charge in [-0.05, 0) is 95.5 Å². The molecule has 0 unspecified atom stereocenters. The Morgan fingerprint density at radius 2 is 1.51 bits per heavy atom. The predicted molar refractivity (Wildman–Crippen MR) is 166 cm³/mol. The van der Waals surface area contributed by atoms with Gasteiger partial charge in [-0.3, -0.25) is 13.9 Å². The fourth-order valence-corrected chi connectivity index (χ4v) is 6.17. The lowest BCUT2D eigenvalue weighted by atomic mass is 10.1. The van der Waals surface area contributed by atoms with Gasteiger partial charge < -0.3 is 10.2 Å². The molecule has 2 amide bonds. The van der Waals surface area contributed by atoms with Crippen LogP contribution in [0.5, 0.6) is 0 Å². The summed E-state index contributed by atoms with van der Waals surface area (Å²) < 4.78 is 29.2. The summed E-state index contributed by atoms with van der Waals surface area (Å²) in [6.07, 6.45) is 0. The predicted octanol–water partition coefficient (Wildman–Crippen LogP) is 6.45. The number of nitrogens with one attached hydrogen (secondary N) is 1. The summed E-state index contributed by atoms with van der Waals surface area (Å²) in [6, 6.07) is 15.9. The lowest BCUT2D eigenvalue weighted by molar-refractivity contribution is -0.140. The number of benzene rings is 3. The molecule has 0 aliphatic heterocycles. The summed E-state index contributed by atoms with van der Waals surface area (Å²) in [5.74, 6) is -0.945. The van der Waals surface area contributed by atoms with Crippen molar-refractivity contribution >= 4 is 50.7 Å². The Morgan fingerprint density at radius 3 is 2.10 bits per heavy atom. The number of sulfonamides is 1. The summed E-state index contributed by atoms with van der Waals surface area (Å²) in [4.78, 5) is 28.8. The third-order valence-corrected chi connectivity index (χ3v) is 8.90. The maximum atomic E-state index is 14.1. The van der Waals surface area contributed by atoms with Gasteiger partial charge in [0.2, 0.25) is 11.8 Å². The zero-order valence-corrected chi connectivity index (χ0v) is 26.8. The van der Waals surface area contributed by atoms with Crippen LogP contribution in [0.25, 0.3) is 0 Å². The summed E-state index contributed by atoms with van der Waals surface area (Å²) in [6.45, 7) is 12.1. The number of aryl methyl sites for hydroxylation is 3. The molecule has 0 fully saturated rings. The molecule has 1 N–H and O–H groups in total. The SMILES string of the molecule is Cc1ccc(S(=O)(=O)N(CC(=O)N(Cc2ccc(Cl)cc2Cl)[C@@H](C)C(=O)NC(C)(C)C)c2cc(C)ccc2C)cc1. The van der Waals surface area contributed by atoms with Crippen LogP contribution in [-0.2, 0) is 26.2 Å². The van der Waals surface area contributed by atoms with Gasteiger partial charge in [0.15, 0.2) is 0 Å². The molecule has 1 atom stereocenters. The molecule has 0 heterocycles. The van der Waals surface area contributed by atoms with Crippen LogP contribution in [0.3, 0.4) is 0 Å². The van der Waals surface area contributed by atoms with E-state index in [4.69, 9.17) is 23.2 Å². The third-order valence-electron chi connectivity index (χ3n) is 6.54. The molecule has 0 aliphatic carbocycles. The van der Waals surface area contributed by atoms with Gasteiger partial charge in [-0.25, -0.2) is 8.42 Å². The van der Waals surface area contributed by atoms with Gasteiger partial charge in [-0.1, -0.05) is 59.1 Å². The molecule has 0 bridgehead atoms. The van der Waals surface area contributed by atoms with E-state index >= 15 is 0 Å². The average molecular weight is 619 g/mol. The number of hydrogen-bond donors (Lipinski definition) is 1. The quantitative estimate of drug-likeness (QED) is 0.299. The van der Waals surface area contributed by atoms with Crippen LogP contribution < -0.4 is 9.62 Å². The van der Waals surface area contributed by atoms with Gasteiger partial charge in [0.05, 0.1) is 10.6 Å². The molecule has 0 spiro atoms. The van der Waals surface area contributed by atoms with Crippen LogP contribution in [0.15, 0.2) is 65.6 Å². The highest BCUT2D eigenvalue weighted by Crippen LogP contribution is 2.29. The molecule has 7 nitrogen and oxygen atoms in total. The van der Waals surface area contributed by atoms with Crippen molar-refractivity contribution in [2.45, 2.75) is 71.5 Å². The first-order valence-electron chi connectivity index (χ1n) is 13.2. The Balaban J connectivity index is 2.10. The minimum atomic E-state index is -4.16. The van der Waals surface area contributed by atoms with Crippen LogP contribution in [0.1, 0.15) is 49.9 Å². The first-order valence-corrected chi connectivity index (χ1v) is 15.4. The van der Waals surface area contributed by atoms with Crippen molar-refractivity contribution in [2.75, 3.05) is 10.8 Å². The lowest BCUT2D eigenvalue weighted by Gasteiger charge is -2.34. The lowest BCUT2D eigenvalue weighted by Crippen LogP contribution is -2.54. The summed E-state index contributed by atoms with van der Waals surface area (Å²) in [5.41, 5.74) is 2.84. The molecule has 0 saturated carbocycles. The highest BCUT2D eigenvalue weighted by molar-refractivity contribution is 7.92. The smallest absolute Gasteiger partial charge is 0.264 e. The minimum absolute atomic E-state index is 0.0290. The van der Waals surface area contributed by atoms with Crippen LogP contribution in [0.2, 0.25) is 10.0 Å². The second-order valence-corrected chi connectivity index (χ2v) is 14.0. The molecule has 3 aromatic rings. The number of anilines is 1. The van der Waals surface area contributed by atoms with E-state index in [0.717, 1.165) is 15.4 Å². The van der Waals surface area contributed by atoms with Gasteiger partial charge in [-0.2, -0.15) is 0 Å². The fraction of sp³-hybridized carbons (Fsp3) is 0.355. The topological polar surface area (TPSA) is 86.8 Å². The second kappa shape index (κ2) is 12.8. The zero-order valence-electron chi connectivity index (χ0n) is 24.5. The Labute approximate surface area is 253 Å². The maximum Gasteiger partial charge on any atom is 0.264 e. The van der Waals surface area contributed by atoms with E-state index in [1.54, 1.807) is 50.2 Å². The Morgan fingerprint density at radius 1 is 0.902 bits per heavy atom. The Hall–Kier alpha value is -3.07. The molecular formula is C31H37Cl2N3O4S. The number of carbonyl (C=O) groups excluding carboxylic acids is 2. The fourth-order valence-electron chi connectivity index (χ4n) is 4.23. The molecular weight excluding hydrogens is 581 g/mol. The molecule has 41 heavy (non-hydrogen) atoms. The molecule has 10 heteroatoms. The molecule has 0 aromatic heterocycles. The van der Waals surface area contributed by atoms with Gasteiger partial charge in [0.25, 0.3) is 10.0 Å². The monoisotopic (exact) mass is 617 g/mol. The zero-order chi connectivity index (χ0) is 30.7. The Bertz CT molecular complexity index is 1530. The number of rotatable bonds is 9. The molecule has 220 valence electrons. The van der Waals surface area contributed by atoms with Gasteiger partial charge in [0.1, 0.15) is 12.6 Å². The van der Waals surface area contributed by atoms with Crippen molar-refractivity contribution in [3.63, 3.8) is 0 Å². The summed E-state index contributed by atoms with van der Waals surface area (Å²) in [7, 11) is -4.16. The van der Waals surface area contributed by atoms with E-state index in [-0.39, 0.29) is 17.3 Å². The van der Waals surface area contributed by atoms with Crippen molar-refractivity contribution < 1.29 is 18.0 Å². The third kappa shape index (κ3) is 8.24. The van der Waals surface area contributed by atoms with Gasteiger partial charge in [0, 0.05) is 22.1 Å². The van der Waals surface area contributed by atoms with Gasteiger partial charge >= 0.3 is 0 Å². The molecule has 3 aromatic carbocycles. The number of nitrogens with zero attached hydrogens (tertiary/aromatic N) is 2. The molecule has 3 rings (SSSR count). The standard InChI is InChI=1S/C31H37Cl2N3O4S/c1-20-9-14-26(15-10-20)41(39,40)36(28-16-21(2)8-11-22(28)3)19-29(37)35(23(4)30(38)34-31(5,6)7)18-24-12-13-25(32)17-27(24)33/h8-17,23H,18-19H2,1-7H3,(H,34,38)/t23-/m0/s1. The van der Waals surface area contributed by atoms with Crippen molar-refractivity contribution in [2.24, 2.45) is 0 Å². The largest absolute Gasteiger partial charge is 0.350 e. The maximum absolute atomic E-state index is 14.1. The first kappa shape index (κ1) is 32.4. The van der Waals surface area contributed by atoms with Crippen molar-refractivity contribution in [1.29, 1.82) is 0 Å². The van der Waals surface area contributed by atoms with E-state index in [1.165, 1.54) is 17.0 Å². The Kier molecular flexibility index (Phi) is 10.2. The van der Waals surface area contributed by atoms with E-state index in [9.17, 15) is 18.0 Å². The van der Waals surface area contributed by atoms with E-state index in [2.05, 4.69) is 5.32 Å². The molecule has 0 saturated heterocycles. The number of hydrogen-bond acceptors (Lipinski definition) is 4. The van der Waals surface area contributed by atoms with Crippen LogP contribution in [0, 0.1) is 20.8 Å². The highest BCUT2D eigenvalue weighted by atomic mass is 35.5. The van der Waals surface area contributed by atoms with Gasteiger partial charge in [-0.15, -0.1) is 0 Å². The highest BCUT2D eigenvalue weighted by Gasteiger charge is 2.34. The van der Waals surface area contributed by atoms with Crippen LogP contribution in [0.4, 0.5) is 5.69 Å². The average Bonchev–Trinajstić information content (AvgIpc) is 2.87. The molecule has 0 aliphatic rings. The summed E-state index contributed by atoms with van der Waals surface area (Å²) >= 11 is 12.5. The van der Waals surface area contributed by atoms with Crippen LogP contribution >= 0.6 is 23.2 Å². The first-order chi connectivity index (χ1) is 19.0. The van der Waals surface area contributed by atoms with E-state index in [1.807, 2.05) is 46.8 Å². The minimum Gasteiger partial charge on any atom is -0.350 e. The number of carbonyl (C=O) groups is 2. The summed E-state index contributed by atoms with van der Waals surface area (Å²) in [5, 5.41) is 3.67. The van der Waals surface area contributed by atoms with Crippen molar-refractivity contribution in [1.82, 2.24) is 10.2 Å². The van der Waals surface area contributed by atoms with E-state index < -0.39 is 34.1 Å². The van der Waals surface area contributed by atoms with Crippen molar-refractivity contribution in [3.8, 4) is 0 Å². The molecule has 0 radical (unpaired) electrons. The number of halogens is 2. The van der Waals surface area contributed by atoms with E-state index in [0.29, 0.717) is 26.9 Å².